The van der Waals surface area contributed by atoms with Gasteiger partial charge in [0.25, 0.3) is 0 Å². The highest BCUT2D eigenvalue weighted by Crippen LogP contribution is 2.70. The van der Waals surface area contributed by atoms with Crippen molar-refractivity contribution in [3.63, 3.8) is 0 Å². The molecule has 6 rings (SSSR count). The molecule has 0 radical (unpaired) electrons. The fourth-order valence-electron chi connectivity index (χ4n) is 8.76. The van der Waals surface area contributed by atoms with Crippen LogP contribution in [0.15, 0.2) is 0 Å². The van der Waals surface area contributed by atoms with E-state index in [1.807, 2.05) is 21.6 Å². The molecule has 28 heavy (non-hydrogen) atoms. The lowest BCUT2D eigenvalue weighted by molar-refractivity contribution is -0.257. The number of aliphatic hydroxyl groups is 1. The van der Waals surface area contributed by atoms with E-state index in [1.165, 1.54) is 38.5 Å². The molecule has 7 unspecified atom stereocenters. The van der Waals surface area contributed by atoms with Gasteiger partial charge in [-0.3, -0.25) is 0 Å². The van der Waals surface area contributed by atoms with E-state index < -0.39 is 0 Å². The minimum absolute atomic E-state index is 0.0439. The Bertz CT molecular complexity index is 629. The Hall–Kier alpha value is 0.580. The first-order valence-electron chi connectivity index (χ1n) is 11.7. The monoisotopic (exact) mass is 424 g/mol. The second kappa shape index (κ2) is 6.54. The smallest absolute Gasteiger partial charge is 0.174 e. The number of rotatable bonds is 0. The van der Waals surface area contributed by atoms with Crippen molar-refractivity contribution in [3.8, 4) is 0 Å². The molecule has 2 aliphatic heterocycles. The average molecular weight is 425 g/mol. The molecule has 6 aliphatic rings. The first-order chi connectivity index (χ1) is 13.5. The van der Waals surface area contributed by atoms with Gasteiger partial charge in [-0.2, -0.15) is 0 Å². The van der Waals surface area contributed by atoms with Gasteiger partial charge in [-0.1, -0.05) is 35.4 Å². The van der Waals surface area contributed by atoms with Crippen LogP contribution < -0.4 is 0 Å². The zero-order chi connectivity index (χ0) is 19.1. The van der Waals surface area contributed by atoms with Gasteiger partial charge in [0.2, 0.25) is 0 Å². The van der Waals surface area contributed by atoms with Crippen molar-refractivity contribution in [1.82, 2.24) is 0 Å². The summed E-state index contributed by atoms with van der Waals surface area (Å²) in [5.41, 5.74) is 0.649. The normalized spacial score (nSPS) is 60.8. The summed E-state index contributed by atoms with van der Waals surface area (Å²) in [4.78, 5) is 0. The van der Waals surface area contributed by atoms with Gasteiger partial charge in [-0.15, -0.1) is 0 Å². The third kappa shape index (κ3) is 2.49. The summed E-state index contributed by atoms with van der Waals surface area (Å²) in [7, 11) is 3.93. The van der Waals surface area contributed by atoms with Gasteiger partial charge < -0.3 is 14.6 Å². The summed E-state index contributed by atoms with van der Waals surface area (Å²) in [6, 6.07) is 0. The van der Waals surface area contributed by atoms with Crippen LogP contribution in [0.1, 0.15) is 71.6 Å². The minimum atomic E-state index is -0.302. The van der Waals surface area contributed by atoms with Crippen molar-refractivity contribution in [2.45, 2.75) is 95.7 Å². The quantitative estimate of drug-likeness (QED) is 0.537. The van der Waals surface area contributed by atoms with Crippen LogP contribution in [0.3, 0.4) is 0 Å². The van der Waals surface area contributed by atoms with Crippen molar-refractivity contribution < 1.29 is 14.6 Å². The van der Waals surface area contributed by atoms with Crippen molar-refractivity contribution in [1.29, 1.82) is 0 Å². The second-order valence-corrected chi connectivity index (χ2v) is 13.8. The summed E-state index contributed by atoms with van der Waals surface area (Å²) in [6.45, 7) is 5.11. The fraction of sp³-hybridized carbons (Fsp3) is 1.00. The topological polar surface area (TPSA) is 38.7 Å². The molecule has 9 atom stereocenters. The Morgan fingerprint density at radius 1 is 0.821 bits per heavy atom. The molecular formula is C23H36O3S2. The van der Waals surface area contributed by atoms with Crippen LogP contribution in [0.25, 0.3) is 0 Å². The van der Waals surface area contributed by atoms with E-state index in [4.69, 9.17) is 9.47 Å². The van der Waals surface area contributed by atoms with Gasteiger partial charge in [-0.25, -0.2) is 0 Å². The number of hydrogen-bond acceptors (Lipinski definition) is 5. The van der Waals surface area contributed by atoms with E-state index in [-0.39, 0.29) is 17.3 Å². The molecule has 0 aromatic rings. The molecular weight excluding hydrogens is 388 g/mol. The first kappa shape index (κ1) is 19.3. The van der Waals surface area contributed by atoms with Crippen LogP contribution in [0.5, 0.6) is 0 Å². The Kier molecular flexibility index (Phi) is 4.50. The number of hydrogen-bond donors (Lipinski definition) is 1. The molecule has 4 aliphatic carbocycles. The van der Waals surface area contributed by atoms with E-state index in [0.717, 1.165) is 54.4 Å². The summed E-state index contributed by atoms with van der Waals surface area (Å²) >= 11 is 0. The third-order valence-electron chi connectivity index (χ3n) is 10.3. The summed E-state index contributed by atoms with van der Waals surface area (Å²) in [6.07, 6.45) is 11.6. The van der Waals surface area contributed by atoms with Gasteiger partial charge in [-0.05, 0) is 80.5 Å². The van der Waals surface area contributed by atoms with Gasteiger partial charge in [0.15, 0.2) is 5.79 Å². The van der Waals surface area contributed by atoms with Crippen LogP contribution in [-0.2, 0) is 9.47 Å². The van der Waals surface area contributed by atoms with Crippen molar-refractivity contribution in [2.24, 2.45) is 34.5 Å². The van der Waals surface area contributed by atoms with Crippen LogP contribution in [-0.4, -0.2) is 40.7 Å². The Morgan fingerprint density at radius 2 is 1.54 bits per heavy atom. The maximum Gasteiger partial charge on any atom is 0.174 e. The van der Waals surface area contributed by atoms with Crippen LogP contribution in [0, 0.1) is 34.5 Å². The molecule has 0 aromatic carbocycles. The summed E-state index contributed by atoms with van der Waals surface area (Å²) in [5.74, 6) is 5.07. The largest absolute Gasteiger partial charge is 0.393 e. The van der Waals surface area contributed by atoms with Crippen LogP contribution >= 0.6 is 21.6 Å². The molecule has 2 heterocycles. The maximum absolute atomic E-state index is 10.3. The lowest BCUT2D eigenvalue weighted by atomic mass is 9.45. The van der Waals surface area contributed by atoms with E-state index in [0.29, 0.717) is 17.6 Å². The first-order valence-corrected chi connectivity index (χ1v) is 14.2. The maximum atomic E-state index is 10.3. The predicted molar refractivity (Wildman–Crippen MR) is 115 cm³/mol. The van der Waals surface area contributed by atoms with Crippen molar-refractivity contribution in [2.75, 3.05) is 11.5 Å². The Labute approximate surface area is 177 Å². The molecule has 4 saturated carbocycles. The van der Waals surface area contributed by atoms with Crippen LogP contribution in [0.4, 0.5) is 0 Å². The van der Waals surface area contributed by atoms with Gasteiger partial charge in [0.1, 0.15) is 0 Å². The van der Waals surface area contributed by atoms with E-state index in [2.05, 4.69) is 13.8 Å². The average Bonchev–Trinajstić information content (AvgIpc) is 3.20. The molecule has 3 nitrogen and oxygen atoms in total. The number of aliphatic hydroxyl groups excluding tert-OH is 1. The fourth-order valence-corrected chi connectivity index (χ4v) is 11.2. The zero-order valence-electron chi connectivity index (χ0n) is 17.4. The highest BCUT2D eigenvalue weighted by molar-refractivity contribution is 8.76. The molecule has 1 N–H and O–H groups in total. The third-order valence-corrected chi connectivity index (χ3v) is 12.7. The van der Waals surface area contributed by atoms with Gasteiger partial charge in [0.05, 0.1) is 18.3 Å². The Balaban J connectivity index is 1.28. The van der Waals surface area contributed by atoms with Gasteiger partial charge >= 0.3 is 0 Å². The molecule has 0 bridgehead atoms. The summed E-state index contributed by atoms with van der Waals surface area (Å²) < 4.78 is 13.6. The molecule has 0 amide bonds. The molecule has 2 saturated heterocycles. The molecule has 6 fully saturated rings. The van der Waals surface area contributed by atoms with Crippen molar-refractivity contribution in [3.05, 3.63) is 0 Å². The molecule has 1 spiro atoms. The number of ether oxygens (including phenoxy) is 2. The highest BCUT2D eigenvalue weighted by Gasteiger charge is 2.69. The zero-order valence-corrected chi connectivity index (χ0v) is 19.0. The number of fused-ring (bicyclic) bond motifs is 7. The lowest BCUT2D eigenvalue weighted by Crippen LogP contribution is -2.57. The second-order valence-electron chi connectivity index (χ2n) is 11.2. The van der Waals surface area contributed by atoms with Crippen LogP contribution in [0.2, 0.25) is 0 Å². The minimum Gasteiger partial charge on any atom is -0.393 e. The lowest BCUT2D eigenvalue weighted by Gasteiger charge is -2.61. The molecule has 158 valence electrons. The Morgan fingerprint density at radius 3 is 2.29 bits per heavy atom. The standard InChI is InChI=1S/C23H36O3S2/c1-21-8-5-15(24)11-14(21)3-4-16-17(21)6-9-22(2)18(16)7-10-23(22)25-19-12-27-28-13-20(19)26-23/h14-20,24H,3-13H2,1-2H3/t14?,15?,16?,17?,18?,19?,20?,21-,22-,23?/m0/s1. The molecule has 5 heteroatoms. The SMILES string of the molecule is C[C@]12CCC(O)CC1CCC1C2CC[C@@]2(C)C1CCC21OC2CSSCC2O1. The van der Waals surface area contributed by atoms with Crippen molar-refractivity contribution >= 4 is 21.6 Å². The van der Waals surface area contributed by atoms with E-state index in [1.54, 1.807) is 0 Å². The summed E-state index contributed by atoms with van der Waals surface area (Å²) in [5, 5.41) is 10.3. The highest BCUT2D eigenvalue weighted by atomic mass is 33.1. The van der Waals surface area contributed by atoms with E-state index in [9.17, 15) is 5.11 Å². The van der Waals surface area contributed by atoms with E-state index >= 15 is 0 Å². The predicted octanol–water partition coefficient (Wildman–Crippen LogP) is 5.27. The van der Waals surface area contributed by atoms with Gasteiger partial charge in [0, 0.05) is 23.3 Å². The molecule has 0 aromatic heterocycles.